The van der Waals surface area contributed by atoms with Gasteiger partial charge in [0.15, 0.2) is 0 Å². The zero-order valence-electron chi connectivity index (χ0n) is 11.1. The molecule has 1 N–H and O–H groups in total. The monoisotopic (exact) mass is 246 g/mol. The van der Waals surface area contributed by atoms with Gasteiger partial charge >= 0.3 is 0 Å². The molecule has 1 aliphatic carbocycles. The van der Waals surface area contributed by atoms with Crippen LogP contribution in [-0.4, -0.2) is 10.7 Å². The third-order valence-electron chi connectivity index (χ3n) is 4.59. The fourth-order valence-electron chi connectivity index (χ4n) is 3.44. The number of ether oxygens (including phenoxy) is 1. The fourth-order valence-corrected chi connectivity index (χ4v) is 3.44. The zero-order chi connectivity index (χ0) is 12.6. The van der Waals surface area contributed by atoms with Gasteiger partial charge in [0.25, 0.3) is 0 Å². The number of hydrogen-bond acceptors (Lipinski definition) is 2. The van der Waals surface area contributed by atoms with Crippen molar-refractivity contribution >= 4 is 0 Å². The number of fused-ring (bicyclic) bond motifs is 1. The fraction of sp³-hybridized carbons (Fsp3) is 0.625. The molecule has 0 saturated heterocycles. The first-order valence-corrected chi connectivity index (χ1v) is 7.15. The Labute approximate surface area is 109 Å². The highest BCUT2D eigenvalue weighted by Crippen LogP contribution is 2.45. The molecule has 98 valence electrons. The lowest BCUT2D eigenvalue weighted by Crippen LogP contribution is -2.40. The van der Waals surface area contributed by atoms with Crippen molar-refractivity contribution in [1.82, 2.24) is 0 Å². The first-order valence-electron chi connectivity index (χ1n) is 7.15. The highest BCUT2D eigenvalue weighted by Gasteiger charge is 2.41. The van der Waals surface area contributed by atoms with Crippen molar-refractivity contribution in [3.05, 3.63) is 29.8 Å². The molecule has 0 bridgehead atoms. The smallest absolute Gasteiger partial charge is 0.125 e. The van der Waals surface area contributed by atoms with E-state index in [1.807, 2.05) is 24.3 Å². The highest BCUT2D eigenvalue weighted by atomic mass is 16.5. The second-order valence-electron chi connectivity index (χ2n) is 6.08. The van der Waals surface area contributed by atoms with E-state index < -0.39 is 0 Å². The van der Waals surface area contributed by atoms with E-state index in [-0.39, 0.29) is 11.7 Å². The lowest BCUT2D eigenvalue weighted by atomic mass is 9.83. The Kier molecular flexibility index (Phi) is 3.06. The van der Waals surface area contributed by atoms with Crippen LogP contribution < -0.4 is 4.74 Å². The van der Waals surface area contributed by atoms with Gasteiger partial charge in [-0.1, -0.05) is 31.5 Å². The maximum absolute atomic E-state index is 10.4. The minimum Gasteiger partial charge on any atom is -0.487 e. The molecule has 3 unspecified atom stereocenters. The Balaban J connectivity index is 1.88. The van der Waals surface area contributed by atoms with Crippen LogP contribution in [-0.2, 0) is 0 Å². The summed E-state index contributed by atoms with van der Waals surface area (Å²) >= 11 is 0. The van der Waals surface area contributed by atoms with Crippen LogP contribution in [0.2, 0.25) is 0 Å². The second kappa shape index (κ2) is 4.58. The normalized spacial score (nSPS) is 35.7. The van der Waals surface area contributed by atoms with Crippen molar-refractivity contribution in [3.63, 3.8) is 0 Å². The van der Waals surface area contributed by atoms with Crippen LogP contribution in [0.15, 0.2) is 24.3 Å². The van der Waals surface area contributed by atoms with Crippen molar-refractivity contribution in [2.24, 2.45) is 5.92 Å². The molecule has 1 saturated carbocycles. The van der Waals surface area contributed by atoms with Crippen molar-refractivity contribution in [2.75, 3.05) is 0 Å². The molecule has 0 radical (unpaired) electrons. The third kappa shape index (κ3) is 2.14. The van der Waals surface area contributed by atoms with Crippen LogP contribution >= 0.6 is 0 Å². The van der Waals surface area contributed by atoms with Crippen LogP contribution in [0.1, 0.15) is 57.1 Å². The van der Waals surface area contributed by atoms with Gasteiger partial charge in [0.05, 0.1) is 6.10 Å². The van der Waals surface area contributed by atoms with Gasteiger partial charge in [0, 0.05) is 12.0 Å². The first-order chi connectivity index (χ1) is 8.69. The van der Waals surface area contributed by atoms with Gasteiger partial charge in [-0.2, -0.15) is 0 Å². The summed E-state index contributed by atoms with van der Waals surface area (Å²) in [6, 6.07) is 7.93. The zero-order valence-corrected chi connectivity index (χ0v) is 11.1. The molecular formula is C16H22O2. The highest BCUT2D eigenvalue weighted by molar-refractivity contribution is 5.38. The van der Waals surface area contributed by atoms with Gasteiger partial charge in [-0.3, -0.25) is 0 Å². The SMILES string of the molecule is CC1CCCC2(CC1)CC(O)c1ccccc1O2. The molecule has 1 aromatic rings. The van der Waals surface area contributed by atoms with Crippen LogP contribution in [0.3, 0.4) is 0 Å². The van der Waals surface area contributed by atoms with Crippen LogP contribution in [0.5, 0.6) is 5.75 Å². The molecule has 1 fully saturated rings. The minimum absolute atomic E-state index is 0.113. The van der Waals surface area contributed by atoms with Crippen LogP contribution in [0.4, 0.5) is 0 Å². The topological polar surface area (TPSA) is 29.5 Å². The van der Waals surface area contributed by atoms with E-state index in [4.69, 9.17) is 4.74 Å². The Morgan fingerprint density at radius 2 is 2.06 bits per heavy atom. The summed E-state index contributed by atoms with van der Waals surface area (Å²) in [5.41, 5.74) is 0.846. The lowest BCUT2D eigenvalue weighted by Gasteiger charge is -2.40. The van der Waals surface area contributed by atoms with E-state index in [1.54, 1.807) is 0 Å². The summed E-state index contributed by atoms with van der Waals surface area (Å²) in [6.07, 6.45) is 6.30. The van der Waals surface area contributed by atoms with E-state index in [1.165, 1.54) is 19.3 Å². The number of benzene rings is 1. The van der Waals surface area contributed by atoms with Gasteiger partial charge in [-0.05, 0) is 37.7 Å². The molecule has 1 heterocycles. The van der Waals surface area contributed by atoms with Gasteiger partial charge in [-0.15, -0.1) is 0 Å². The molecule has 2 heteroatoms. The molecule has 1 aliphatic heterocycles. The van der Waals surface area contributed by atoms with Crippen molar-refractivity contribution < 1.29 is 9.84 Å². The van der Waals surface area contributed by atoms with E-state index in [0.717, 1.165) is 36.5 Å². The predicted octanol–water partition coefficient (Wildman–Crippen LogP) is 3.84. The lowest BCUT2D eigenvalue weighted by molar-refractivity contribution is -0.0249. The first kappa shape index (κ1) is 12.0. The summed E-state index contributed by atoms with van der Waals surface area (Å²) in [6.45, 7) is 2.33. The van der Waals surface area contributed by atoms with E-state index in [0.29, 0.717) is 0 Å². The van der Waals surface area contributed by atoms with Crippen LogP contribution in [0.25, 0.3) is 0 Å². The number of aliphatic hydroxyl groups is 1. The van der Waals surface area contributed by atoms with Gasteiger partial charge in [0.1, 0.15) is 11.4 Å². The summed E-state index contributed by atoms with van der Waals surface area (Å²) in [5, 5.41) is 10.4. The maximum Gasteiger partial charge on any atom is 0.125 e. The number of para-hydroxylation sites is 1. The average molecular weight is 246 g/mol. The molecule has 1 aromatic carbocycles. The van der Waals surface area contributed by atoms with E-state index in [2.05, 4.69) is 6.92 Å². The van der Waals surface area contributed by atoms with Crippen molar-refractivity contribution in [1.29, 1.82) is 0 Å². The molecule has 0 amide bonds. The van der Waals surface area contributed by atoms with Gasteiger partial charge in [-0.25, -0.2) is 0 Å². The molecule has 2 aliphatic rings. The molecule has 18 heavy (non-hydrogen) atoms. The van der Waals surface area contributed by atoms with Crippen LogP contribution in [0, 0.1) is 5.92 Å². The average Bonchev–Trinajstić information content (AvgIpc) is 2.53. The second-order valence-corrected chi connectivity index (χ2v) is 6.08. The Morgan fingerprint density at radius 3 is 2.94 bits per heavy atom. The van der Waals surface area contributed by atoms with E-state index >= 15 is 0 Å². The molecule has 0 aromatic heterocycles. The summed E-state index contributed by atoms with van der Waals surface area (Å²) < 4.78 is 6.30. The van der Waals surface area contributed by atoms with Gasteiger partial charge < -0.3 is 9.84 Å². The summed E-state index contributed by atoms with van der Waals surface area (Å²) in [4.78, 5) is 0. The molecule has 2 nitrogen and oxygen atoms in total. The molecule has 3 rings (SSSR count). The third-order valence-corrected chi connectivity index (χ3v) is 4.59. The summed E-state index contributed by atoms with van der Waals surface area (Å²) in [7, 11) is 0. The largest absolute Gasteiger partial charge is 0.487 e. The number of hydrogen-bond donors (Lipinski definition) is 1. The quantitative estimate of drug-likeness (QED) is 0.753. The molecular weight excluding hydrogens is 224 g/mol. The van der Waals surface area contributed by atoms with E-state index in [9.17, 15) is 5.11 Å². The Bertz CT molecular complexity index is 429. The minimum atomic E-state index is -0.358. The number of rotatable bonds is 0. The maximum atomic E-state index is 10.4. The van der Waals surface area contributed by atoms with Gasteiger partial charge in [0.2, 0.25) is 0 Å². The predicted molar refractivity (Wildman–Crippen MR) is 71.6 cm³/mol. The standard InChI is InChI=1S/C16H22O2/c1-12-5-4-9-16(10-8-12)11-14(17)13-6-2-3-7-15(13)18-16/h2-3,6-7,12,14,17H,4-5,8-11H2,1H3. The Morgan fingerprint density at radius 1 is 1.22 bits per heavy atom. The molecule has 1 spiro atoms. The number of aliphatic hydroxyl groups excluding tert-OH is 1. The summed E-state index contributed by atoms with van der Waals surface area (Å²) in [5.74, 6) is 1.69. The molecule has 3 atom stereocenters. The van der Waals surface area contributed by atoms with Crippen molar-refractivity contribution in [2.45, 2.75) is 57.2 Å². The van der Waals surface area contributed by atoms with Crippen molar-refractivity contribution in [3.8, 4) is 5.75 Å². The Hall–Kier alpha value is -1.02.